The van der Waals surface area contributed by atoms with Crippen molar-refractivity contribution in [2.24, 2.45) is 5.92 Å². The summed E-state index contributed by atoms with van der Waals surface area (Å²) in [7, 11) is 0. The smallest absolute Gasteiger partial charge is 0.323 e. The van der Waals surface area contributed by atoms with Gasteiger partial charge in [0.15, 0.2) is 0 Å². The summed E-state index contributed by atoms with van der Waals surface area (Å²) < 4.78 is 0. The van der Waals surface area contributed by atoms with Gasteiger partial charge in [0.25, 0.3) is 0 Å². The number of para-hydroxylation sites is 1. The van der Waals surface area contributed by atoms with Crippen LogP contribution in [0, 0.1) is 5.92 Å². The van der Waals surface area contributed by atoms with E-state index in [1.807, 2.05) is 12.1 Å². The first-order valence-electron chi connectivity index (χ1n) is 11.3. The Balaban J connectivity index is 1.55. The van der Waals surface area contributed by atoms with Crippen LogP contribution in [0.25, 0.3) is 0 Å². The molecule has 1 saturated heterocycles. The number of amides is 1. The average Bonchev–Trinajstić information content (AvgIpc) is 2.90. The van der Waals surface area contributed by atoms with Gasteiger partial charge in [-0.2, -0.15) is 11.8 Å². The van der Waals surface area contributed by atoms with Gasteiger partial charge in [0, 0.05) is 11.4 Å². The Morgan fingerprint density at radius 1 is 1.19 bits per heavy atom. The summed E-state index contributed by atoms with van der Waals surface area (Å²) in [5.41, 5.74) is 1.48. The Labute approximate surface area is 193 Å². The van der Waals surface area contributed by atoms with Gasteiger partial charge in [-0.3, -0.25) is 24.6 Å². The molecule has 0 radical (unpaired) electrons. The quantitative estimate of drug-likeness (QED) is 0.368. The van der Waals surface area contributed by atoms with Gasteiger partial charge in [0.2, 0.25) is 5.91 Å². The zero-order chi connectivity index (χ0) is 22.9. The van der Waals surface area contributed by atoms with Crippen LogP contribution in [-0.2, 0) is 20.8 Å². The van der Waals surface area contributed by atoms with Crippen molar-refractivity contribution in [2.45, 2.75) is 50.6 Å². The third-order valence-corrected chi connectivity index (χ3v) is 7.33. The molecule has 176 valence electrons. The predicted octanol–water partition coefficient (Wildman–Crippen LogP) is 1.97. The summed E-state index contributed by atoms with van der Waals surface area (Å²) >= 11 is 1.59. The minimum atomic E-state index is -1.10. The van der Waals surface area contributed by atoms with Crippen LogP contribution >= 0.6 is 11.8 Å². The fraction of sp³-hybridized carbons (Fsp3) is 0.609. The normalized spacial score (nSPS) is 20.4. The number of benzene rings is 1. The fourth-order valence-corrected chi connectivity index (χ4v) is 5.46. The first-order chi connectivity index (χ1) is 15.5. The Morgan fingerprint density at radius 2 is 1.94 bits per heavy atom. The maximum atomic E-state index is 13.1. The highest BCUT2D eigenvalue weighted by atomic mass is 32.2. The van der Waals surface area contributed by atoms with Gasteiger partial charge >= 0.3 is 11.9 Å². The molecule has 0 bridgehead atoms. The van der Waals surface area contributed by atoms with Crippen LogP contribution in [-0.4, -0.2) is 71.3 Å². The third-order valence-electron chi connectivity index (χ3n) is 6.19. The molecule has 2 atom stereocenters. The number of nitrogens with zero attached hydrogens (tertiary/aromatic N) is 1. The van der Waals surface area contributed by atoms with Crippen LogP contribution < -0.4 is 15.5 Å². The van der Waals surface area contributed by atoms with Crippen LogP contribution in [0.4, 0.5) is 5.69 Å². The molecule has 32 heavy (non-hydrogen) atoms. The highest BCUT2D eigenvalue weighted by Gasteiger charge is 2.34. The van der Waals surface area contributed by atoms with Crippen LogP contribution in [0.3, 0.4) is 0 Å². The summed E-state index contributed by atoms with van der Waals surface area (Å²) in [6.45, 7) is 1.72. The largest absolute Gasteiger partial charge is 0.480 e. The summed E-state index contributed by atoms with van der Waals surface area (Å²) in [4.78, 5) is 37.6. The van der Waals surface area contributed by atoms with E-state index in [1.165, 1.54) is 24.2 Å². The zero-order valence-corrected chi connectivity index (χ0v) is 19.1. The van der Waals surface area contributed by atoms with E-state index >= 15 is 0 Å². The van der Waals surface area contributed by atoms with E-state index in [0.29, 0.717) is 24.3 Å². The van der Waals surface area contributed by atoms with Gasteiger partial charge in [-0.25, -0.2) is 0 Å². The van der Waals surface area contributed by atoms with E-state index in [1.54, 1.807) is 23.9 Å². The van der Waals surface area contributed by atoms with Gasteiger partial charge in [0.05, 0.1) is 6.04 Å². The van der Waals surface area contributed by atoms with Crippen LogP contribution in [0.2, 0.25) is 0 Å². The average molecular weight is 464 g/mol. The molecule has 2 heterocycles. The fourth-order valence-electron chi connectivity index (χ4n) is 4.45. The van der Waals surface area contributed by atoms with E-state index in [2.05, 4.69) is 10.6 Å². The first-order valence-corrected chi connectivity index (χ1v) is 12.5. The Kier molecular flexibility index (Phi) is 9.37. The van der Waals surface area contributed by atoms with E-state index in [9.17, 15) is 24.6 Å². The molecule has 4 N–H and O–H groups in total. The van der Waals surface area contributed by atoms with Crippen molar-refractivity contribution in [3.8, 4) is 0 Å². The molecule has 0 aliphatic carbocycles. The summed E-state index contributed by atoms with van der Waals surface area (Å²) in [6, 6.07) is 5.66. The number of aliphatic carboxylic acids is 2. The number of thioether (sulfide) groups is 1. The van der Waals surface area contributed by atoms with E-state index in [-0.39, 0.29) is 5.91 Å². The Hall–Kier alpha value is -2.10. The summed E-state index contributed by atoms with van der Waals surface area (Å²) in [5, 5.41) is 25.4. The minimum absolute atomic E-state index is 0.372. The van der Waals surface area contributed by atoms with Crippen molar-refractivity contribution in [1.29, 1.82) is 0 Å². The SMILES string of the molecule is O=C(O)CN1C(=O)C(N[C@@H](CSCCCC2CCNCC2)C(=O)O)CCc2ccccc21. The van der Waals surface area contributed by atoms with Gasteiger partial charge in [-0.15, -0.1) is 0 Å². The molecule has 1 amide bonds. The molecule has 2 aliphatic rings. The monoisotopic (exact) mass is 463 g/mol. The number of rotatable bonds is 11. The maximum absolute atomic E-state index is 13.1. The van der Waals surface area contributed by atoms with Crippen molar-refractivity contribution in [2.75, 3.05) is 36.0 Å². The van der Waals surface area contributed by atoms with E-state index in [0.717, 1.165) is 36.7 Å². The number of anilines is 1. The predicted molar refractivity (Wildman–Crippen MR) is 125 cm³/mol. The molecule has 1 unspecified atom stereocenters. The highest BCUT2D eigenvalue weighted by molar-refractivity contribution is 7.99. The second kappa shape index (κ2) is 12.2. The van der Waals surface area contributed by atoms with Crippen molar-refractivity contribution in [1.82, 2.24) is 10.6 Å². The lowest BCUT2D eigenvalue weighted by Crippen LogP contribution is -2.53. The lowest BCUT2D eigenvalue weighted by atomic mass is 9.94. The Bertz CT molecular complexity index is 800. The van der Waals surface area contributed by atoms with E-state index < -0.39 is 30.6 Å². The molecule has 1 aromatic rings. The topological polar surface area (TPSA) is 119 Å². The minimum Gasteiger partial charge on any atom is -0.480 e. The van der Waals surface area contributed by atoms with Crippen molar-refractivity contribution in [3.05, 3.63) is 29.8 Å². The van der Waals surface area contributed by atoms with E-state index in [4.69, 9.17) is 0 Å². The number of fused-ring (bicyclic) bond motifs is 1. The number of carbonyl (C=O) groups excluding carboxylic acids is 1. The number of piperidine rings is 1. The molecule has 2 aliphatic heterocycles. The second-order valence-corrected chi connectivity index (χ2v) is 9.66. The van der Waals surface area contributed by atoms with Crippen molar-refractivity contribution in [3.63, 3.8) is 0 Å². The number of aryl methyl sites for hydroxylation is 1. The number of carboxylic acids is 2. The number of carbonyl (C=O) groups is 3. The molecule has 1 aromatic carbocycles. The van der Waals surface area contributed by atoms with Gasteiger partial charge < -0.3 is 15.5 Å². The number of hydrogen-bond acceptors (Lipinski definition) is 6. The van der Waals surface area contributed by atoms with Gasteiger partial charge in [-0.1, -0.05) is 18.2 Å². The van der Waals surface area contributed by atoms with Gasteiger partial charge in [0.1, 0.15) is 12.6 Å². The van der Waals surface area contributed by atoms with Crippen LogP contribution in [0.5, 0.6) is 0 Å². The molecule has 3 rings (SSSR count). The molecular weight excluding hydrogens is 430 g/mol. The number of hydrogen-bond donors (Lipinski definition) is 4. The van der Waals surface area contributed by atoms with Crippen molar-refractivity contribution >= 4 is 35.3 Å². The third kappa shape index (κ3) is 6.95. The highest BCUT2D eigenvalue weighted by Crippen LogP contribution is 2.27. The molecule has 8 nitrogen and oxygen atoms in total. The molecule has 0 saturated carbocycles. The van der Waals surface area contributed by atoms with Crippen LogP contribution in [0.15, 0.2) is 24.3 Å². The summed E-state index contributed by atoms with van der Waals surface area (Å²) in [5.74, 6) is -0.458. The molecule has 0 aromatic heterocycles. The first kappa shape index (κ1) is 24.5. The van der Waals surface area contributed by atoms with Crippen LogP contribution in [0.1, 0.15) is 37.7 Å². The summed E-state index contributed by atoms with van der Waals surface area (Å²) in [6.07, 6.45) is 5.66. The lowest BCUT2D eigenvalue weighted by Gasteiger charge is -2.26. The lowest BCUT2D eigenvalue weighted by molar-refractivity contribution is -0.140. The molecule has 1 fully saturated rings. The Morgan fingerprint density at radius 3 is 2.66 bits per heavy atom. The van der Waals surface area contributed by atoms with Crippen molar-refractivity contribution < 1.29 is 24.6 Å². The molecule has 9 heteroatoms. The second-order valence-electron chi connectivity index (χ2n) is 8.51. The number of nitrogens with one attached hydrogen (secondary N) is 2. The molecular formula is C23H33N3O5S. The standard InChI is InChI=1S/C23H33N3O5S/c27-21(28)14-26-20-6-2-1-5-17(20)7-8-18(22(26)29)25-19(23(30)31)15-32-13-3-4-16-9-11-24-12-10-16/h1-2,5-6,16,18-19,24-25H,3-4,7-15H2,(H,27,28)(H,30,31)/t18?,19-/m0/s1. The maximum Gasteiger partial charge on any atom is 0.323 e. The number of carboxylic acid groups (broad SMARTS) is 2. The van der Waals surface area contributed by atoms with Gasteiger partial charge in [-0.05, 0) is 74.9 Å². The zero-order valence-electron chi connectivity index (χ0n) is 18.3. The molecule has 0 spiro atoms.